The van der Waals surface area contributed by atoms with Crippen molar-refractivity contribution in [1.29, 1.82) is 0 Å². The highest BCUT2D eigenvalue weighted by molar-refractivity contribution is 8.00. The lowest BCUT2D eigenvalue weighted by Crippen LogP contribution is -2.57. The molecule has 0 aromatic rings. The van der Waals surface area contributed by atoms with Crippen LogP contribution in [0.5, 0.6) is 0 Å². The fourth-order valence-corrected chi connectivity index (χ4v) is 6.00. The smallest absolute Gasteiger partial charge is 0.164 e. The number of sulfone groups is 1. The maximum atomic E-state index is 11.9. The second-order valence-electron chi connectivity index (χ2n) is 5.47. The molecule has 1 heterocycles. The van der Waals surface area contributed by atoms with E-state index in [9.17, 15) is 8.42 Å². The molecule has 6 heteroatoms. The van der Waals surface area contributed by atoms with Crippen molar-refractivity contribution in [3.63, 3.8) is 0 Å². The van der Waals surface area contributed by atoms with Crippen LogP contribution >= 0.6 is 11.8 Å². The Morgan fingerprint density at radius 2 is 1.94 bits per heavy atom. The first-order valence-corrected chi connectivity index (χ1v) is 9.89. The van der Waals surface area contributed by atoms with E-state index in [1.165, 1.54) is 25.5 Å². The van der Waals surface area contributed by atoms with Crippen LogP contribution in [-0.2, 0) is 9.84 Å². The zero-order valence-electron chi connectivity index (χ0n) is 11.0. The number of nitrogens with zero attached hydrogens (tertiary/aromatic N) is 1. The molecule has 18 heavy (non-hydrogen) atoms. The molecule has 2 fully saturated rings. The Morgan fingerprint density at radius 3 is 2.67 bits per heavy atom. The molecule has 0 aromatic carbocycles. The van der Waals surface area contributed by atoms with Gasteiger partial charge in [-0.3, -0.25) is 4.90 Å². The third-order valence-electron chi connectivity index (χ3n) is 4.08. The second kappa shape index (κ2) is 6.11. The Labute approximate surface area is 115 Å². The summed E-state index contributed by atoms with van der Waals surface area (Å²) in [6, 6.07) is 0.396. The molecule has 1 saturated carbocycles. The van der Waals surface area contributed by atoms with Gasteiger partial charge in [-0.1, -0.05) is 19.3 Å². The quantitative estimate of drug-likeness (QED) is 0.771. The van der Waals surface area contributed by atoms with Gasteiger partial charge in [-0.2, -0.15) is 11.8 Å². The zero-order valence-corrected chi connectivity index (χ0v) is 12.7. The van der Waals surface area contributed by atoms with Gasteiger partial charge in [0, 0.05) is 36.4 Å². The van der Waals surface area contributed by atoms with E-state index in [2.05, 4.69) is 4.90 Å². The fraction of sp³-hybridized carbons (Fsp3) is 1.00. The van der Waals surface area contributed by atoms with Gasteiger partial charge in [0.15, 0.2) is 9.84 Å². The van der Waals surface area contributed by atoms with Gasteiger partial charge in [0.25, 0.3) is 0 Å². The monoisotopic (exact) mass is 292 g/mol. The van der Waals surface area contributed by atoms with Gasteiger partial charge in [0.2, 0.25) is 0 Å². The molecule has 0 amide bonds. The van der Waals surface area contributed by atoms with Gasteiger partial charge in [0.05, 0.1) is 0 Å². The first-order chi connectivity index (χ1) is 8.50. The normalized spacial score (nSPS) is 36.2. The van der Waals surface area contributed by atoms with Crippen molar-refractivity contribution in [3.8, 4) is 0 Å². The Balaban J connectivity index is 2.16. The average Bonchev–Trinajstić information content (AvgIpc) is 2.53. The SMILES string of the molecule is CS(=O)(=O)C1CSCCN1C1CCCCCC1N. The lowest BCUT2D eigenvalue weighted by Gasteiger charge is -2.41. The maximum Gasteiger partial charge on any atom is 0.164 e. The summed E-state index contributed by atoms with van der Waals surface area (Å²) in [5, 5.41) is -0.328. The van der Waals surface area contributed by atoms with Crippen molar-refractivity contribution in [2.45, 2.75) is 49.6 Å². The largest absolute Gasteiger partial charge is 0.326 e. The molecule has 0 radical (unpaired) electrons. The molecule has 0 aromatic heterocycles. The van der Waals surface area contributed by atoms with Crippen molar-refractivity contribution < 1.29 is 8.42 Å². The number of hydrogen-bond acceptors (Lipinski definition) is 5. The van der Waals surface area contributed by atoms with E-state index >= 15 is 0 Å². The van der Waals surface area contributed by atoms with Gasteiger partial charge in [-0.15, -0.1) is 0 Å². The third-order valence-corrected chi connectivity index (χ3v) is 6.74. The molecule has 2 N–H and O–H groups in total. The topological polar surface area (TPSA) is 63.4 Å². The molecule has 106 valence electrons. The Hall–Kier alpha value is 0.220. The van der Waals surface area contributed by atoms with E-state index in [0.29, 0.717) is 5.75 Å². The minimum atomic E-state index is -3.01. The van der Waals surface area contributed by atoms with Crippen molar-refractivity contribution in [3.05, 3.63) is 0 Å². The summed E-state index contributed by atoms with van der Waals surface area (Å²) < 4.78 is 23.9. The molecule has 1 saturated heterocycles. The van der Waals surface area contributed by atoms with Gasteiger partial charge in [0.1, 0.15) is 5.37 Å². The summed E-state index contributed by atoms with van der Waals surface area (Å²) in [5.74, 6) is 1.72. The standard InChI is InChI=1S/C12H24N2O2S2/c1-18(15,16)12-9-17-8-7-14(12)11-6-4-2-3-5-10(11)13/h10-12H,2-9,13H2,1H3. The van der Waals surface area contributed by atoms with Gasteiger partial charge in [-0.25, -0.2) is 8.42 Å². The number of thioether (sulfide) groups is 1. The maximum absolute atomic E-state index is 11.9. The van der Waals surface area contributed by atoms with Gasteiger partial charge >= 0.3 is 0 Å². The predicted molar refractivity (Wildman–Crippen MR) is 77.5 cm³/mol. The van der Waals surface area contributed by atoms with Crippen LogP contribution in [0, 0.1) is 0 Å². The molecular formula is C12H24N2O2S2. The molecule has 4 nitrogen and oxygen atoms in total. The Bertz CT molecular complexity index is 372. The van der Waals surface area contributed by atoms with Gasteiger partial charge in [-0.05, 0) is 12.8 Å². The minimum Gasteiger partial charge on any atom is -0.326 e. The van der Waals surface area contributed by atoms with Crippen LogP contribution in [0.25, 0.3) is 0 Å². The minimum absolute atomic E-state index is 0.139. The molecule has 3 atom stereocenters. The van der Waals surface area contributed by atoms with E-state index in [0.717, 1.165) is 25.1 Å². The third kappa shape index (κ3) is 3.40. The van der Waals surface area contributed by atoms with Gasteiger partial charge < -0.3 is 5.73 Å². The van der Waals surface area contributed by atoms with Crippen LogP contribution in [-0.4, -0.2) is 55.1 Å². The molecule has 2 rings (SSSR count). The molecule has 0 bridgehead atoms. The highest BCUT2D eigenvalue weighted by atomic mass is 32.2. The molecule has 1 aliphatic heterocycles. The molecule has 3 unspecified atom stereocenters. The predicted octanol–water partition coefficient (Wildman–Crippen LogP) is 1.07. The zero-order chi connectivity index (χ0) is 13.2. The lowest BCUT2D eigenvalue weighted by molar-refractivity contribution is 0.159. The van der Waals surface area contributed by atoms with E-state index in [4.69, 9.17) is 5.73 Å². The fourth-order valence-electron chi connectivity index (χ4n) is 3.07. The van der Waals surface area contributed by atoms with Crippen LogP contribution in [0.3, 0.4) is 0 Å². The van der Waals surface area contributed by atoms with Crippen LogP contribution in [0.15, 0.2) is 0 Å². The van der Waals surface area contributed by atoms with E-state index < -0.39 is 9.84 Å². The average molecular weight is 292 g/mol. The first-order valence-electron chi connectivity index (χ1n) is 6.78. The molecule has 2 aliphatic rings. The molecular weight excluding hydrogens is 268 g/mol. The summed E-state index contributed by atoms with van der Waals surface area (Å²) in [6.45, 7) is 0.862. The first kappa shape index (κ1) is 14.6. The highest BCUT2D eigenvalue weighted by Gasteiger charge is 2.37. The van der Waals surface area contributed by atoms with Crippen molar-refractivity contribution in [1.82, 2.24) is 4.90 Å². The Kier molecular flexibility index (Phi) is 4.97. The number of hydrogen-bond donors (Lipinski definition) is 1. The van der Waals surface area contributed by atoms with E-state index in [-0.39, 0.29) is 17.5 Å². The highest BCUT2D eigenvalue weighted by Crippen LogP contribution is 2.28. The summed E-state index contributed by atoms with van der Waals surface area (Å²) in [4.78, 5) is 2.18. The van der Waals surface area contributed by atoms with Crippen molar-refractivity contribution in [2.24, 2.45) is 5.73 Å². The van der Waals surface area contributed by atoms with Crippen LogP contribution in [0.1, 0.15) is 32.1 Å². The summed E-state index contributed by atoms with van der Waals surface area (Å²) in [7, 11) is -3.01. The van der Waals surface area contributed by atoms with E-state index in [1.54, 1.807) is 11.8 Å². The Morgan fingerprint density at radius 1 is 1.22 bits per heavy atom. The molecule has 0 spiro atoms. The lowest BCUT2D eigenvalue weighted by atomic mass is 10.0. The summed E-state index contributed by atoms with van der Waals surface area (Å²) >= 11 is 1.74. The van der Waals surface area contributed by atoms with Crippen LogP contribution < -0.4 is 5.73 Å². The number of nitrogens with two attached hydrogens (primary N) is 1. The number of rotatable bonds is 2. The van der Waals surface area contributed by atoms with E-state index in [1.807, 2.05) is 0 Å². The summed E-state index contributed by atoms with van der Waals surface area (Å²) in [6.07, 6.45) is 7.04. The van der Waals surface area contributed by atoms with Crippen LogP contribution in [0.2, 0.25) is 0 Å². The van der Waals surface area contributed by atoms with Crippen LogP contribution in [0.4, 0.5) is 0 Å². The van der Waals surface area contributed by atoms with Crippen molar-refractivity contribution in [2.75, 3.05) is 24.3 Å². The molecule has 1 aliphatic carbocycles. The van der Waals surface area contributed by atoms with Crippen molar-refractivity contribution >= 4 is 21.6 Å². The summed E-state index contributed by atoms with van der Waals surface area (Å²) in [5.41, 5.74) is 6.27. The second-order valence-corrected chi connectivity index (χ2v) is 8.82.